The molecule has 3 aromatic heterocycles. The standard InChI is InChI=1S/C53H37N4OP/c58-59(43-18-6-2-7-19-43,44-20-8-3-9-21-44)45-31-29-39(30-32-45)38-25-27-40(28-26-38)51-48(47-23-11-10-22-46(47)41-15-14-35-54-37-41)33-34-50-52(51)56-53(49-24-12-13-36-55-49)57(50)42-16-4-1-5-17-42/h1-37H. The molecule has 0 fully saturated rings. The van der Waals surface area contributed by atoms with Crippen LogP contribution in [0.25, 0.3) is 72.7 Å². The zero-order chi connectivity index (χ0) is 39.6. The van der Waals surface area contributed by atoms with E-state index in [1.807, 2.05) is 116 Å². The van der Waals surface area contributed by atoms with Crippen molar-refractivity contribution in [1.29, 1.82) is 0 Å². The van der Waals surface area contributed by atoms with Gasteiger partial charge in [0.1, 0.15) is 5.69 Å². The Bertz CT molecular complexity index is 3040. The Morgan fingerprint density at radius 2 is 1.00 bits per heavy atom. The zero-order valence-electron chi connectivity index (χ0n) is 32.0. The molecular weight excluding hydrogens is 740 g/mol. The normalized spacial score (nSPS) is 11.5. The van der Waals surface area contributed by atoms with E-state index in [-0.39, 0.29) is 0 Å². The van der Waals surface area contributed by atoms with Crippen molar-refractivity contribution < 1.29 is 4.57 Å². The van der Waals surface area contributed by atoms with Crippen LogP contribution in [0.15, 0.2) is 225 Å². The third-order valence-corrected chi connectivity index (χ3v) is 14.0. The average Bonchev–Trinajstić information content (AvgIpc) is 3.72. The van der Waals surface area contributed by atoms with E-state index in [1.165, 1.54) is 0 Å². The molecular formula is C53H37N4OP. The summed E-state index contributed by atoms with van der Waals surface area (Å²) >= 11 is 0. The fourth-order valence-corrected chi connectivity index (χ4v) is 10.7. The van der Waals surface area contributed by atoms with E-state index >= 15 is 4.57 Å². The lowest BCUT2D eigenvalue weighted by Crippen LogP contribution is -2.24. The van der Waals surface area contributed by atoms with Gasteiger partial charge in [-0.15, -0.1) is 0 Å². The van der Waals surface area contributed by atoms with E-state index in [2.05, 4.69) is 113 Å². The van der Waals surface area contributed by atoms with Crippen molar-refractivity contribution in [2.75, 3.05) is 0 Å². The second kappa shape index (κ2) is 15.5. The molecule has 0 unspecified atom stereocenters. The van der Waals surface area contributed by atoms with Gasteiger partial charge in [-0.2, -0.15) is 0 Å². The highest BCUT2D eigenvalue weighted by atomic mass is 31.2. The van der Waals surface area contributed by atoms with Crippen LogP contribution in [0.3, 0.4) is 0 Å². The summed E-state index contributed by atoms with van der Waals surface area (Å²) in [4.78, 5) is 14.7. The Morgan fingerprint density at radius 3 is 1.63 bits per heavy atom. The molecule has 0 bridgehead atoms. The van der Waals surface area contributed by atoms with Crippen molar-refractivity contribution in [2.24, 2.45) is 0 Å². The summed E-state index contributed by atoms with van der Waals surface area (Å²) in [6.07, 6.45) is 5.53. The highest BCUT2D eigenvalue weighted by Crippen LogP contribution is 2.45. The number of nitrogens with zero attached hydrogens (tertiary/aromatic N) is 4. The Balaban J connectivity index is 1.13. The summed E-state index contributed by atoms with van der Waals surface area (Å²) in [6.45, 7) is 0. The maximum atomic E-state index is 15.0. The number of imidazole rings is 1. The van der Waals surface area contributed by atoms with Gasteiger partial charge in [-0.25, -0.2) is 4.98 Å². The summed E-state index contributed by atoms with van der Waals surface area (Å²) in [7, 11) is -3.08. The second-order valence-corrected chi connectivity index (χ2v) is 17.1. The molecule has 7 aromatic carbocycles. The number of hydrogen-bond acceptors (Lipinski definition) is 4. The summed E-state index contributed by atoms with van der Waals surface area (Å²) in [6, 6.07) is 69.8. The van der Waals surface area contributed by atoms with Gasteiger partial charge in [0.25, 0.3) is 0 Å². The van der Waals surface area contributed by atoms with Crippen LogP contribution in [-0.2, 0) is 4.57 Å². The Kier molecular flexibility index (Phi) is 9.42. The van der Waals surface area contributed by atoms with E-state index in [0.717, 1.165) is 88.7 Å². The van der Waals surface area contributed by atoms with Crippen LogP contribution in [0.1, 0.15) is 0 Å². The molecule has 0 radical (unpaired) electrons. The van der Waals surface area contributed by atoms with E-state index in [1.54, 1.807) is 6.20 Å². The Morgan fingerprint density at radius 1 is 0.424 bits per heavy atom. The molecule has 59 heavy (non-hydrogen) atoms. The molecule has 6 heteroatoms. The van der Waals surface area contributed by atoms with E-state index in [9.17, 15) is 0 Å². The summed E-state index contributed by atoms with van der Waals surface area (Å²) < 4.78 is 17.2. The SMILES string of the molecule is O=P(c1ccccc1)(c1ccccc1)c1ccc(-c2ccc(-c3c(-c4ccccc4-c4cccnc4)ccc4c3nc(-c3ccccn3)n4-c3ccccc3)cc2)cc1. The molecule has 0 atom stereocenters. The van der Waals surface area contributed by atoms with Crippen molar-refractivity contribution in [1.82, 2.24) is 19.5 Å². The third-order valence-electron chi connectivity index (χ3n) is 10.9. The largest absolute Gasteiger partial charge is 0.309 e. The maximum Gasteiger partial charge on any atom is 0.171 e. The van der Waals surface area contributed by atoms with Crippen molar-refractivity contribution >= 4 is 34.1 Å². The van der Waals surface area contributed by atoms with Crippen LogP contribution < -0.4 is 15.9 Å². The predicted molar refractivity (Wildman–Crippen MR) is 243 cm³/mol. The molecule has 0 amide bonds. The van der Waals surface area contributed by atoms with Gasteiger partial charge in [-0.3, -0.25) is 14.5 Å². The highest BCUT2D eigenvalue weighted by molar-refractivity contribution is 7.85. The lowest BCUT2D eigenvalue weighted by atomic mass is 9.88. The topological polar surface area (TPSA) is 60.7 Å². The minimum absolute atomic E-state index is 0.769. The molecule has 3 heterocycles. The number of aromatic nitrogens is 4. The van der Waals surface area contributed by atoms with Crippen LogP contribution >= 0.6 is 7.14 Å². The van der Waals surface area contributed by atoms with Crippen LogP contribution in [0, 0.1) is 0 Å². The summed E-state index contributed by atoms with van der Waals surface area (Å²) in [5.74, 6) is 0.769. The summed E-state index contributed by atoms with van der Waals surface area (Å²) in [5, 5.41) is 2.44. The predicted octanol–water partition coefficient (Wildman–Crippen LogP) is 11.8. The fourth-order valence-electron chi connectivity index (χ4n) is 8.07. The minimum atomic E-state index is -3.08. The van der Waals surface area contributed by atoms with Crippen LogP contribution in [-0.4, -0.2) is 19.5 Å². The van der Waals surface area contributed by atoms with Crippen LogP contribution in [0.5, 0.6) is 0 Å². The molecule has 10 aromatic rings. The van der Waals surface area contributed by atoms with Crippen molar-refractivity contribution in [2.45, 2.75) is 0 Å². The van der Waals surface area contributed by atoms with E-state index in [4.69, 9.17) is 9.97 Å². The first-order valence-electron chi connectivity index (χ1n) is 19.6. The first-order valence-corrected chi connectivity index (χ1v) is 21.3. The zero-order valence-corrected chi connectivity index (χ0v) is 32.9. The van der Waals surface area contributed by atoms with Crippen LogP contribution in [0.2, 0.25) is 0 Å². The van der Waals surface area contributed by atoms with Gasteiger partial charge in [0.05, 0.1) is 11.0 Å². The van der Waals surface area contributed by atoms with Gasteiger partial charge in [0.2, 0.25) is 0 Å². The van der Waals surface area contributed by atoms with Gasteiger partial charge in [0, 0.05) is 51.3 Å². The number of pyridine rings is 2. The molecule has 10 rings (SSSR count). The first-order chi connectivity index (χ1) is 29.2. The molecule has 280 valence electrons. The van der Waals surface area contributed by atoms with Gasteiger partial charge in [0.15, 0.2) is 13.0 Å². The van der Waals surface area contributed by atoms with E-state index < -0.39 is 7.14 Å². The molecule has 0 N–H and O–H groups in total. The molecule has 0 saturated carbocycles. The number of hydrogen-bond donors (Lipinski definition) is 0. The molecule has 5 nitrogen and oxygen atoms in total. The first kappa shape index (κ1) is 35.9. The van der Waals surface area contributed by atoms with Gasteiger partial charge < -0.3 is 4.57 Å². The smallest absolute Gasteiger partial charge is 0.171 e. The molecule has 0 aliphatic rings. The van der Waals surface area contributed by atoms with Crippen molar-refractivity contribution in [3.05, 3.63) is 225 Å². The number of rotatable bonds is 9. The quantitative estimate of drug-likeness (QED) is 0.137. The lowest BCUT2D eigenvalue weighted by molar-refractivity contribution is 0.592. The lowest BCUT2D eigenvalue weighted by Gasteiger charge is -2.20. The summed E-state index contributed by atoms with van der Waals surface area (Å²) in [5.41, 5.74) is 12.1. The third kappa shape index (κ3) is 6.58. The maximum absolute atomic E-state index is 15.0. The minimum Gasteiger partial charge on any atom is -0.309 e. The van der Waals surface area contributed by atoms with Crippen molar-refractivity contribution in [3.63, 3.8) is 0 Å². The highest BCUT2D eigenvalue weighted by Gasteiger charge is 2.29. The van der Waals surface area contributed by atoms with Crippen LogP contribution in [0.4, 0.5) is 0 Å². The number of benzene rings is 7. The molecule has 0 aliphatic carbocycles. The average molecular weight is 777 g/mol. The Hall–Kier alpha value is -7.46. The second-order valence-electron chi connectivity index (χ2n) is 14.4. The molecule has 0 saturated heterocycles. The monoisotopic (exact) mass is 776 g/mol. The van der Waals surface area contributed by atoms with E-state index in [0.29, 0.717) is 0 Å². The van der Waals surface area contributed by atoms with Gasteiger partial charge in [-0.05, 0) is 69.8 Å². The number of para-hydroxylation sites is 1. The Labute approximate surface area is 343 Å². The molecule has 0 spiro atoms. The van der Waals surface area contributed by atoms with Gasteiger partial charge >= 0.3 is 0 Å². The van der Waals surface area contributed by atoms with Gasteiger partial charge in [-0.1, -0.05) is 170 Å². The fraction of sp³-hybridized carbons (Fsp3) is 0. The van der Waals surface area contributed by atoms with Crippen molar-refractivity contribution in [3.8, 4) is 61.7 Å². The molecule has 0 aliphatic heterocycles. The number of fused-ring (bicyclic) bond motifs is 1.